The van der Waals surface area contributed by atoms with Crippen molar-refractivity contribution in [3.8, 4) is 22.6 Å². The van der Waals surface area contributed by atoms with Crippen molar-refractivity contribution in [2.24, 2.45) is 0 Å². The third-order valence-electron chi connectivity index (χ3n) is 10.1. The highest BCUT2D eigenvalue weighted by Gasteiger charge is 2.20. The smallest absolute Gasteiger partial charge is 0.228 e. The Kier molecular flexibility index (Phi) is 6.39. The van der Waals surface area contributed by atoms with Crippen LogP contribution in [0.3, 0.4) is 0 Å². The molecule has 3 heterocycles. The van der Waals surface area contributed by atoms with Crippen LogP contribution in [0.2, 0.25) is 0 Å². The van der Waals surface area contributed by atoms with E-state index in [1.165, 1.54) is 42.1 Å². The monoisotopic (exact) mass is 684 g/mol. The number of thiophene rings is 1. The standard InChI is InChI=1S/C47H28N2O2S/c1-2-9-29(10-3-1)31-18-17-30-19-20-33(26-32(30)25-31)49(35-21-23-37-36-11-4-7-16-44(36)52-45(37)28-35)34-22-24-38-43(27-34)50-42-15-8-12-39(46(38)42)47-48-40-13-5-6-14-41(40)51-47/h1-28H. The second kappa shape index (κ2) is 11.4. The molecule has 0 N–H and O–H groups in total. The molecule has 0 aliphatic rings. The summed E-state index contributed by atoms with van der Waals surface area (Å²) in [6, 6.07) is 59.9. The second-order valence-electron chi connectivity index (χ2n) is 13.2. The Labute approximate surface area is 302 Å². The maximum Gasteiger partial charge on any atom is 0.228 e. The van der Waals surface area contributed by atoms with Gasteiger partial charge < -0.3 is 13.7 Å². The number of fused-ring (bicyclic) bond motifs is 8. The molecule has 11 rings (SSSR count). The highest BCUT2D eigenvalue weighted by Crippen LogP contribution is 2.44. The van der Waals surface area contributed by atoms with Gasteiger partial charge in [-0.05, 0) is 94.7 Å². The molecule has 0 aliphatic carbocycles. The molecule has 52 heavy (non-hydrogen) atoms. The lowest BCUT2D eigenvalue weighted by atomic mass is 10.0. The van der Waals surface area contributed by atoms with Crippen LogP contribution in [0.25, 0.3) is 86.6 Å². The zero-order valence-electron chi connectivity index (χ0n) is 27.8. The van der Waals surface area contributed by atoms with E-state index < -0.39 is 0 Å². The molecule has 0 fully saturated rings. The Morgan fingerprint density at radius 3 is 2.10 bits per heavy atom. The second-order valence-corrected chi connectivity index (χ2v) is 14.3. The minimum atomic E-state index is 0.586. The fourth-order valence-corrected chi connectivity index (χ4v) is 8.74. The van der Waals surface area contributed by atoms with Crippen LogP contribution in [0, 0.1) is 0 Å². The van der Waals surface area contributed by atoms with Crippen molar-refractivity contribution in [2.45, 2.75) is 0 Å². The molecule has 0 radical (unpaired) electrons. The van der Waals surface area contributed by atoms with Crippen LogP contribution in [-0.4, -0.2) is 4.98 Å². The first-order valence-electron chi connectivity index (χ1n) is 17.4. The topological polar surface area (TPSA) is 42.4 Å². The van der Waals surface area contributed by atoms with Gasteiger partial charge in [-0.2, -0.15) is 0 Å². The van der Waals surface area contributed by atoms with Crippen LogP contribution in [0.1, 0.15) is 0 Å². The van der Waals surface area contributed by atoms with E-state index in [4.69, 9.17) is 13.8 Å². The Hall–Kier alpha value is -6.69. The SMILES string of the molecule is c1ccc(-c2ccc3ccc(N(c4ccc5c(c4)oc4cccc(-c6nc7ccccc7o6)c45)c4ccc5c(c4)sc4ccccc45)cc3c2)cc1. The van der Waals surface area contributed by atoms with E-state index in [0.29, 0.717) is 5.89 Å². The minimum Gasteiger partial charge on any atom is -0.456 e. The van der Waals surface area contributed by atoms with Crippen molar-refractivity contribution in [1.29, 1.82) is 0 Å². The normalized spacial score (nSPS) is 11.8. The van der Waals surface area contributed by atoms with Crippen molar-refractivity contribution in [2.75, 3.05) is 4.90 Å². The molecular formula is C47H28N2O2S. The lowest BCUT2D eigenvalue weighted by molar-refractivity contribution is 0.620. The Bertz CT molecular complexity index is 3120. The van der Waals surface area contributed by atoms with Gasteiger partial charge in [0.15, 0.2) is 5.58 Å². The molecule has 11 aromatic rings. The predicted molar refractivity (Wildman–Crippen MR) is 217 cm³/mol. The summed E-state index contributed by atoms with van der Waals surface area (Å²) in [6.45, 7) is 0. The van der Waals surface area contributed by atoms with Gasteiger partial charge in [-0.1, -0.05) is 91.0 Å². The number of anilines is 3. The van der Waals surface area contributed by atoms with Crippen molar-refractivity contribution in [1.82, 2.24) is 4.98 Å². The zero-order valence-corrected chi connectivity index (χ0v) is 28.6. The number of aromatic nitrogens is 1. The predicted octanol–water partition coefficient (Wildman–Crippen LogP) is 14.1. The van der Waals surface area contributed by atoms with Gasteiger partial charge in [-0.3, -0.25) is 0 Å². The lowest BCUT2D eigenvalue weighted by Gasteiger charge is -2.26. The maximum atomic E-state index is 6.60. The van der Waals surface area contributed by atoms with E-state index >= 15 is 0 Å². The van der Waals surface area contributed by atoms with Crippen molar-refractivity contribution in [3.05, 3.63) is 170 Å². The first-order chi connectivity index (χ1) is 25.7. The molecule has 0 atom stereocenters. The van der Waals surface area contributed by atoms with E-state index in [0.717, 1.165) is 55.7 Å². The number of rotatable bonds is 5. The number of hydrogen-bond acceptors (Lipinski definition) is 5. The van der Waals surface area contributed by atoms with Crippen LogP contribution in [-0.2, 0) is 0 Å². The molecule has 244 valence electrons. The molecule has 8 aromatic carbocycles. The molecule has 3 aromatic heterocycles. The van der Waals surface area contributed by atoms with E-state index in [1.807, 2.05) is 47.7 Å². The summed E-state index contributed by atoms with van der Waals surface area (Å²) in [6.07, 6.45) is 0. The third-order valence-corrected chi connectivity index (χ3v) is 11.2. The van der Waals surface area contributed by atoms with Gasteiger partial charge in [0, 0.05) is 59.6 Å². The summed E-state index contributed by atoms with van der Waals surface area (Å²) in [7, 11) is 0. The molecule has 4 nitrogen and oxygen atoms in total. The zero-order chi connectivity index (χ0) is 34.2. The Morgan fingerprint density at radius 1 is 0.442 bits per heavy atom. The summed E-state index contributed by atoms with van der Waals surface area (Å²) in [5, 5.41) is 6.95. The molecule has 5 heteroatoms. The summed E-state index contributed by atoms with van der Waals surface area (Å²) in [4.78, 5) is 7.16. The van der Waals surface area contributed by atoms with Crippen LogP contribution in [0.5, 0.6) is 0 Å². The van der Waals surface area contributed by atoms with Gasteiger partial charge in [0.05, 0.1) is 0 Å². The molecule has 0 bridgehead atoms. The average molecular weight is 685 g/mol. The van der Waals surface area contributed by atoms with Crippen LogP contribution < -0.4 is 4.90 Å². The summed E-state index contributed by atoms with van der Waals surface area (Å²) >= 11 is 1.83. The van der Waals surface area contributed by atoms with Crippen LogP contribution >= 0.6 is 11.3 Å². The van der Waals surface area contributed by atoms with E-state index in [2.05, 4.69) is 138 Å². The first kappa shape index (κ1) is 29.1. The quantitative estimate of drug-likeness (QED) is 0.181. The van der Waals surface area contributed by atoms with Gasteiger partial charge in [-0.25, -0.2) is 4.98 Å². The van der Waals surface area contributed by atoms with Crippen molar-refractivity contribution in [3.63, 3.8) is 0 Å². The number of benzene rings is 8. The first-order valence-corrected chi connectivity index (χ1v) is 18.2. The number of para-hydroxylation sites is 2. The number of hydrogen-bond donors (Lipinski definition) is 0. The highest BCUT2D eigenvalue weighted by atomic mass is 32.1. The molecular weight excluding hydrogens is 657 g/mol. The number of oxazole rings is 1. The van der Waals surface area contributed by atoms with Gasteiger partial charge >= 0.3 is 0 Å². The largest absolute Gasteiger partial charge is 0.456 e. The Morgan fingerprint density at radius 2 is 1.17 bits per heavy atom. The molecule has 0 amide bonds. The van der Waals surface area contributed by atoms with E-state index in [-0.39, 0.29) is 0 Å². The lowest BCUT2D eigenvalue weighted by Crippen LogP contribution is -2.09. The number of nitrogens with zero attached hydrogens (tertiary/aromatic N) is 2. The summed E-state index contributed by atoms with van der Waals surface area (Å²) in [5.41, 5.74) is 9.67. The van der Waals surface area contributed by atoms with Gasteiger partial charge in [-0.15, -0.1) is 11.3 Å². The highest BCUT2D eigenvalue weighted by molar-refractivity contribution is 7.25. The fourth-order valence-electron chi connectivity index (χ4n) is 7.60. The summed E-state index contributed by atoms with van der Waals surface area (Å²) in [5.74, 6) is 0.586. The van der Waals surface area contributed by atoms with Crippen LogP contribution in [0.4, 0.5) is 17.1 Å². The molecule has 0 unspecified atom stereocenters. The summed E-state index contributed by atoms with van der Waals surface area (Å²) < 4.78 is 15.4. The van der Waals surface area contributed by atoms with Crippen molar-refractivity contribution < 1.29 is 8.83 Å². The number of furan rings is 1. The molecule has 0 saturated carbocycles. The Balaban J connectivity index is 1.10. The van der Waals surface area contributed by atoms with E-state index in [9.17, 15) is 0 Å². The van der Waals surface area contributed by atoms with Crippen LogP contribution in [0.15, 0.2) is 179 Å². The minimum absolute atomic E-state index is 0.586. The van der Waals surface area contributed by atoms with Gasteiger partial charge in [0.2, 0.25) is 5.89 Å². The maximum absolute atomic E-state index is 6.60. The molecule has 0 spiro atoms. The van der Waals surface area contributed by atoms with Crippen molar-refractivity contribution >= 4 is 92.4 Å². The molecule has 0 saturated heterocycles. The average Bonchev–Trinajstić information content (AvgIpc) is 3.91. The van der Waals surface area contributed by atoms with E-state index in [1.54, 1.807) is 0 Å². The molecule has 0 aliphatic heterocycles. The van der Waals surface area contributed by atoms with Gasteiger partial charge in [0.1, 0.15) is 16.7 Å². The van der Waals surface area contributed by atoms with Gasteiger partial charge in [0.25, 0.3) is 0 Å². The third kappa shape index (κ3) is 4.64. The fraction of sp³-hybridized carbons (Fsp3) is 0.